The normalized spacial score (nSPS) is 15.8. The van der Waals surface area contributed by atoms with Crippen molar-refractivity contribution in [2.45, 2.75) is 50.8 Å². The molecule has 0 bridgehead atoms. The first-order chi connectivity index (χ1) is 21.6. The van der Waals surface area contributed by atoms with Gasteiger partial charge in [-0.15, -0.1) is 5.01 Å². The minimum Gasteiger partial charge on any atom is -0.569 e. The molecule has 18 heteroatoms. The van der Waals surface area contributed by atoms with E-state index in [1.54, 1.807) is 42.8 Å². The molecular weight excluding hydrogens is 637 g/mol. The van der Waals surface area contributed by atoms with Gasteiger partial charge in [-0.05, 0) is 50.1 Å². The number of alkyl halides is 3. The maximum Gasteiger partial charge on any atom is 0.435 e. The number of amides is 1. The van der Waals surface area contributed by atoms with E-state index in [-0.39, 0.29) is 34.3 Å². The fourth-order valence-electron chi connectivity index (χ4n) is 4.30. The number of carbonyl (C=O) groups excluding carboxylic acids is 2. The van der Waals surface area contributed by atoms with E-state index in [4.69, 9.17) is 9.47 Å². The Bertz CT molecular complexity index is 1680. The van der Waals surface area contributed by atoms with Gasteiger partial charge in [0, 0.05) is 5.56 Å². The van der Waals surface area contributed by atoms with Crippen LogP contribution in [-0.2, 0) is 35.3 Å². The van der Waals surface area contributed by atoms with Crippen LogP contribution in [-0.4, -0.2) is 66.2 Å². The SMILES string of the molecule is Cc1ccc(-c2cc(C(F)(F)F)nn2-c2ccc(S(=O)(=O)NC(=O)OC3CCCN(/[N+]([O-])=N/OCOC(=O)C(C)C)C3)cc2)cc1. The summed E-state index contributed by atoms with van der Waals surface area (Å²) in [5.41, 5.74) is 0.521. The highest BCUT2D eigenvalue weighted by molar-refractivity contribution is 7.90. The number of benzene rings is 2. The Labute approximate surface area is 261 Å². The highest BCUT2D eigenvalue weighted by Crippen LogP contribution is 2.33. The van der Waals surface area contributed by atoms with Crippen LogP contribution in [0, 0.1) is 18.0 Å². The first kappa shape index (κ1) is 34.0. The lowest BCUT2D eigenvalue weighted by Crippen LogP contribution is -2.45. The number of aryl methyl sites for hydroxylation is 1. The van der Waals surface area contributed by atoms with E-state index < -0.39 is 52.8 Å². The van der Waals surface area contributed by atoms with Crippen LogP contribution in [0.3, 0.4) is 0 Å². The van der Waals surface area contributed by atoms with Gasteiger partial charge in [0.1, 0.15) is 12.6 Å². The Morgan fingerprint density at radius 2 is 1.83 bits per heavy atom. The number of carbonyl (C=O) groups is 2. The molecule has 3 aromatic rings. The number of aromatic nitrogens is 2. The summed E-state index contributed by atoms with van der Waals surface area (Å²) in [6, 6.07) is 12.4. The Morgan fingerprint density at radius 3 is 2.46 bits per heavy atom. The summed E-state index contributed by atoms with van der Waals surface area (Å²) in [6.07, 6.45) is -6.17. The van der Waals surface area contributed by atoms with Crippen molar-refractivity contribution < 1.29 is 50.5 Å². The van der Waals surface area contributed by atoms with Crippen LogP contribution in [0.25, 0.3) is 16.9 Å². The summed E-state index contributed by atoms with van der Waals surface area (Å²) in [5.74, 6) is -0.934. The first-order valence-corrected chi connectivity index (χ1v) is 15.4. The smallest absolute Gasteiger partial charge is 0.435 e. The molecule has 1 atom stereocenters. The lowest BCUT2D eigenvalue weighted by atomic mass is 10.1. The summed E-state index contributed by atoms with van der Waals surface area (Å²) in [5, 5.41) is 20.3. The van der Waals surface area contributed by atoms with Gasteiger partial charge in [0.15, 0.2) is 5.69 Å². The van der Waals surface area contributed by atoms with Gasteiger partial charge in [0.05, 0.1) is 33.7 Å². The van der Waals surface area contributed by atoms with Crippen LogP contribution in [0.5, 0.6) is 0 Å². The topological polar surface area (TPSA) is 167 Å². The highest BCUT2D eigenvalue weighted by atomic mass is 32.2. The molecule has 1 fully saturated rings. The van der Waals surface area contributed by atoms with Crippen molar-refractivity contribution in [3.05, 3.63) is 71.1 Å². The molecule has 1 N–H and O–H groups in total. The average Bonchev–Trinajstić information content (AvgIpc) is 3.46. The van der Waals surface area contributed by atoms with Gasteiger partial charge in [0.25, 0.3) is 16.8 Å². The Kier molecular flexibility index (Phi) is 10.4. The molecule has 0 aliphatic carbocycles. The lowest BCUT2D eigenvalue weighted by molar-refractivity contribution is -0.714. The van der Waals surface area contributed by atoms with E-state index in [1.807, 2.05) is 6.92 Å². The predicted octanol–water partition coefficient (Wildman–Crippen LogP) is 4.71. The maximum absolute atomic E-state index is 13.5. The van der Waals surface area contributed by atoms with Gasteiger partial charge in [-0.2, -0.15) is 18.3 Å². The van der Waals surface area contributed by atoms with E-state index in [9.17, 15) is 36.4 Å². The average molecular weight is 669 g/mol. The molecule has 0 saturated carbocycles. The van der Waals surface area contributed by atoms with E-state index in [2.05, 4.69) is 15.2 Å². The van der Waals surface area contributed by atoms with E-state index >= 15 is 0 Å². The van der Waals surface area contributed by atoms with Gasteiger partial charge >= 0.3 is 18.2 Å². The number of hydrogen-bond acceptors (Lipinski definition) is 10. The third-order valence-electron chi connectivity index (χ3n) is 6.68. The molecule has 1 aliphatic heterocycles. The summed E-state index contributed by atoms with van der Waals surface area (Å²) in [6.45, 7) is 4.61. The van der Waals surface area contributed by atoms with Crippen LogP contribution in [0.4, 0.5) is 18.0 Å². The number of hydrogen-bond donors (Lipinski definition) is 1. The van der Waals surface area contributed by atoms with Crippen molar-refractivity contribution in [3.63, 3.8) is 0 Å². The number of sulfonamides is 1. The number of esters is 1. The number of piperidine rings is 1. The van der Waals surface area contributed by atoms with Gasteiger partial charge in [-0.25, -0.2) is 22.6 Å². The number of hydrazine groups is 1. The molecular formula is C28H31F3N6O8S. The van der Waals surface area contributed by atoms with Crippen LogP contribution in [0.1, 0.15) is 37.9 Å². The molecule has 248 valence electrons. The zero-order valence-corrected chi connectivity index (χ0v) is 25.7. The van der Waals surface area contributed by atoms with Crippen LogP contribution >= 0.6 is 0 Å². The molecule has 2 aromatic carbocycles. The van der Waals surface area contributed by atoms with Crippen LogP contribution in [0.2, 0.25) is 0 Å². The van der Waals surface area contributed by atoms with Gasteiger partial charge < -0.3 is 19.5 Å². The Morgan fingerprint density at radius 1 is 1.15 bits per heavy atom. The Hall–Kier alpha value is -4.87. The van der Waals surface area contributed by atoms with Crippen molar-refractivity contribution in [1.29, 1.82) is 0 Å². The Balaban J connectivity index is 1.40. The third-order valence-corrected chi connectivity index (χ3v) is 8.01. The van der Waals surface area contributed by atoms with Crippen LogP contribution in [0.15, 0.2) is 64.8 Å². The number of rotatable bonds is 10. The zero-order chi connectivity index (χ0) is 33.6. The molecule has 0 spiro atoms. The van der Waals surface area contributed by atoms with Crippen molar-refractivity contribution >= 4 is 22.1 Å². The monoisotopic (exact) mass is 668 g/mol. The standard InChI is InChI=1S/C28H31F3N6O8S/c1-18(2)26(38)43-17-44-34-37(40)35-14-4-5-22(16-35)45-27(39)33-46(41,42)23-12-10-21(11-13-23)36-24(15-25(32-36)28(29,30)31)20-8-6-19(3)7-9-20/h6-13,15,18,22H,4-5,14,16-17H2,1-3H3,(H,33,39)/b37-34-. The summed E-state index contributed by atoms with van der Waals surface area (Å²) in [7, 11) is -4.45. The quantitative estimate of drug-likeness (QED) is 0.0798. The van der Waals surface area contributed by atoms with E-state index in [1.165, 1.54) is 12.1 Å². The molecule has 4 rings (SSSR count). The van der Waals surface area contributed by atoms with Crippen LogP contribution < -0.4 is 4.72 Å². The third kappa shape index (κ3) is 8.64. The zero-order valence-electron chi connectivity index (χ0n) is 24.9. The van der Waals surface area contributed by atoms with Gasteiger partial charge in [-0.1, -0.05) is 43.7 Å². The second kappa shape index (κ2) is 14.1. The first-order valence-electron chi connectivity index (χ1n) is 13.9. The fraction of sp³-hybridized carbons (Fsp3) is 0.393. The van der Waals surface area contributed by atoms with Gasteiger partial charge in [-0.3, -0.25) is 4.79 Å². The van der Waals surface area contributed by atoms with Gasteiger partial charge in [0.2, 0.25) is 5.28 Å². The summed E-state index contributed by atoms with van der Waals surface area (Å²) >= 11 is 0. The molecule has 14 nitrogen and oxygen atoms in total. The predicted molar refractivity (Wildman–Crippen MR) is 153 cm³/mol. The molecule has 46 heavy (non-hydrogen) atoms. The maximum atomic E-state index is 13.5. The number of halogens is 3. The molecule has 1 saturated heterocycles. The molecule has 1 aliphatic rings. The highest BCUT2D eigenvalue weighted by Gasteiger charge is 2.35. The number of nitrogens with one attached hydrogen (secondary N) is 1. The minimum atomic E-state index is -4.72. The van der Waals surface area contributed by atoms with E-state index in [0.717, 1.165) is 33.5 Å². The molecule has 1 unspecified atom stereocenters. The molecule has 1 amide bonds. The van der Waals surface area contributed by atoms with E-state index in [0.29, 0.717) is 18.4 Å². The fourth-order valence-corrected chi connectivity index (χ4v) is 5.18. The van der Waals surface area contributed by atoms with Crippen molar-refractivity contribution in [2.24, 2.45) is 11.2 Å². The largest absolute Gasteiger partial charge is 0.569 e. The second-order valence-corrected chi connectivity index (χ2v) is 12.3. The summed E-state index contributed by atoms with van der Waals surface area (Å²) < 4.78 is 79.1. The lowest BCUT2D eigenvalue weighted by Gasteiger charge is -2.28. The molecule has 2 heterocycles. The molecule has 0 radical (unpaired) electrons. The van der Waals surface area contributed by atoms with Crippen molar-refractivity contribution in [3.8, 4) is 16.9 Å². The number of ether oxygens (including phenoxy) is 2. The second-order valence-electron chi connectivity index (χ2n) is 10.6. The minimum absolute atomic E-state index is 0.108. The van der Waals surface area contributed by atoms with Crippen molar-refractivity contribution in [1.82, 2.24) is 19.5 Å². The molecule has 1 aromatic heterocycles. The summed E-state index contributed by atoms with van der Waals surface area (Å²) in [4.78, 5) is 28.3. The van der Waals surface area contributed by atoms with Crippen molar-refractivity contribution in [2.75, 3.05) is 19.9 Å². The number of nitrogens with zero attached hydrogens (tertiary/aromatic N) is 5.